The van der Waals surface area contributed by atoms with Crippen LogP contribution in [0.5, 0.6) is 0 Å². The first-order chi connectivity index (χ1) is 16.2. The van der Waals surface area contributed by atoms with Crippen LogP contribution in [-0.4, -0.2) is 37.4 Å². The lowest BCUT2D eigenvalue weighted by Crippen LogP contribution is -2.26. The number of hydrogen-bond donors (Lipinski definition) is 0. The summed E-state index contributed by atoms with van der Waals surface area (Å²) in [6.07, 6.45) is 5.70. The number of nitrogens with zero attached hydrogens (tertiary/aromatic N) is 5. The van der Waals surface area contributed by atoms with Gasteiger partial charge in [-0.15, -0.1) is 11.3 Å². The summed E-state index contributed by atoms with van der Waals surface area (Å²) >= 11 is 1.65. The third-order valence-electron chi connectivity index (χ3n) is 5.42. The molecule has 0 saturated carbocycles. The number of hydrogen-bond acceptors (Lipinski definition) is 4. The third kappa shape index (κ3) is 4.63. The lowest BCUT2D eigenvalue weighted by Gasteiger charge is -2.17. The van der Waals surface area contributed by atoms with Crippen molar-refractivity contribution in [3.05, 3.63) is 113 Å². The molecular weight excluding hydrogens is 430 g/mol. The maximum atomic E-state index is 13.1. The molecule has 3 heterocycles. The SMILES string of the molecule is CN(Cc1cn(-c2ccccc2)nc1-c1cccs1)C(=O)c1ccc(Cn2cccn2)cc1. The van der Waals surface area contributed by atoms with Crippen LogP contribution in [0.3, 0.4) is 0 Å². The lowest BCUT2D eigenvalue weighted by molar-refractivity contribution is 0.0785. The standard InChI is InChI=1S/C26H23N5OS/c1-29(26(32)21-12-10-20(11-13-21)17-30-15-6-14-27-30)18-22-19-31(23-7-3-2-4-8-23)28-25(22)24-9-5-16-33-24/h2-16,19H,17-18H2,1H3. The maximum Gasteiger partial charge on any atom is 0.253 e. The fourth-order valence-electron chi connectivity index (χ4n) is 3.74. The second-order valence-corrected chi connectivity index (χ2v) is 8.77. The number of aromatic nitrogens is 4. The number of thiophene rings is 1. The fourth-order valence-corrected chi connectivity index (χ4v) is 4.49. The van der Waals surface area contributed by atoms with Crippen LogP contribution >= 0.6 is 11.3 Å². The van der Waals surface area contributed by atoms with E-state index in [9.17, 15) is 4.79 Å². The summed E-state index contributed by atoms with van der Waals surface area (Å²) in [6.45, 7) is 1.15. The first-order valence-electron chi connectivity index (χ1n) is 10.7. The second kappa shape index (κ2) is 9.26. The van der Waals surface area contributed by atoms with E-state index in [1.807, 2.05) is 101 Å². The highest BCUT2D eigenvalue weighted by Gasteiger charge is 2.18. The molecule has 0 unspecified atom stereocenters. The van der Waals surface area contributed by atoms with Crippen LogP contribution in [-0.2, 0) is 13.1 Å². The molecule has 0 atom stereocenters. The molecule has 0 radical (unpaired) electrons. The van der Waals surface area contributed by atoms with Gasteiger partial charge in [0.15, 0.2) is 0 Å². The average Bonchev–Trinajstić information content (AvgIpc) is 3.62. The largest absolute Gasteiger partial charge is 0.337 e. The van der Waals surface area contributed by atoms with E-state index in [0.717, 1.165) is 27.4 Å². The van der Waals surface area contributed by atoms with Gasteiger partial charge in [-0.3, -0.25) is 9.48 Å². The van der Waals surface area contributed by atoms with Crippen molar-refractivity contribution in [1.82, 2.24) is 24.5 Å². The molecule has 33 heavy (non-hydrogen) atoms. The number of carbonyl (C=O) groups is 1. The van der Waals surface area contributed by atoms with E-state index in [2.05, 4.69) is 11.2 Å². The summed E-state index contributed by atoms with van der Waals surface area (Å²) in [6, 6.07) is 23.7. The molecule has 6 nitrogen and oxygen atoms in total. The fraction of sp³-hybridized carbons (Fsp3) is 0.115. The van der Waals surface area contributed by atoms with Gasteiger partial charge in [-0.25, -0.2) is 4.68 Å². The van der Waals surface area contributed by atoms with Gasteiger partial charge >= 0.3 is 0 Å². The molecule has 0 fully saturated rings. The summed E-state index contributed by atoms with van der Waals surface area (Å²) < 4.78 is 3.74. The van der Waals surface area contributed by atoms with Crippen molar-refractivity contribution < 1.29 is 4.79 Å². The predicted molar refractivity (Wildman–Crippen MR) is 130 cm³/mol. The first kappa shape index (κ1) is 20.9. The number of carbonyl (C=O) groups excluding carboxylic acids is 1. The Hall–Kier alpha value is -3.97. The Kier molecular flexibility index (Phi) is 5.87. The highest BCUT2D eigenvalue weighted by Crippen LogP contribution is 2.28. The van der Waals surface area contributed by atoms with E-state index in [4.69, 9.17) is 5.10 Å². The van der Waals surface area contributed by atoms with E-state index in [1.165, 1.54) is 0 Å². The van der Waals surface area contributed by atoms with Gasteiger partial charge in [0.1, 0.15) is 5.69 Å². The van der Waals surface area contributed by atoms with Crippen LogP contribution in [0.1, 0.15) is 21.5 Å². The topological polar surface area (TPSA) is 56.0 Å². The lowest BCUT2D eigenvalue weighted by atomic mass is 10.1. The second-order valence-electron chi connectivity index (χ2n) is 7.82. The van der Waals surface area contributed by atoms with Gasteiger partial charge in [-0.2, -0.15) is 10.2 Å². The molecule has 2 aromatic carbocycles. The minimum Gasteiger partial charge on any atom is -0.337 e. The highest BCUT2D eigenvalue weighted by molar-refractivity contribution is 7.13. The zero-order valence-corrected chi connectivity index (χ0v) is 19.0. The number of para-hydroxylation sites is 1. The van der Waals surface area contributed by atoms with Gasteiger partial charge in [-0.05, 0) is 47.3 Å². The Balaban J connectivity index is 1.36. The number of benzene rings is 2. The summed E-state index contributed by atoms with van der Waals surface area (Å²) in [5.41, 5.74) is 4.66. The van der Waals surface area contributed by atoms with Gasteiger partial charge in [0.25, 0.3) is 5.91 Å². The molecular formula is C26H23N5OS. The molecule has 164 valence electrons. The molecule has 3 aromatic heterocycles. The van der Waals surface area contributed by atoms with Crippen LogP contribution in [0.25, 0.3) is 16.3 Å². The van der Waals surface area contributed by atoms with Gasteiger partial charge in [0.2, 0.25) is 0 Å². The van der Waals surface area contributed by atoms with E-state index in [-0.39, 0.29) is 5.91 Å². The van der Waals surface area contributed by atoms with Crippen LogP contribution < -0.4 is 0 Å². The molecule has 0 aliphatic carbocycles. The zero-order valence-electron chi connectivity index (χ0n) is 18.2. The summed E-state index contributed by atoms with van der Waals surface area (Å²) in [5.74, 6) is -0.0229. The van der Waals surface area contributed by atoms with Crippen LogP contribution in [0.15, 0.2) is 96.8 Å². The van der Waals surface area contributed by atoms with Crippen LogP contribution in [0.4, 0.5) is 0 Å². The van der Waals surface area contributed by atoms with Crippen molar-refractivity contribution in [3.8, 4) is 16.3 Å². The van der Waals surface area contributed by atoms with Crippen molar-refractivity contribution in [2.24, 2.45) is 0 Å². The highest BCUT2D eigenvalue weighted by atomic mass is 32.1. The van der Waals surface area contributed by atoms with Crippen LogP contribution in [0.2, 0.25) is 0 Å². The van der Waals surface area contributed by atoms with Crippen molar-refractivity contribution in [2.75, 3.05) is 7.05 Å². The molecule has 0 bridgehead atoms. The number of rotatable bonds is 7. The average molecular weight is 454 g/mol. The Labute approximate surface area is 196 Å². The molecule has 0 aliphatic rings. The third-order valence-corrected chi connectivity index (χ3v) is 6.30. The summed E-state index contributed by atoms with van der Waals surface area (Å²) in [4.78, 5) is 16.0. The van der Waals surface area contributed by atoms with Crippen molar-refractivity contribution >= 4 is 17.2 Å². The zero-order chi connectivity index (χ0) is 22.6. The first-order valence-corrected chi connectivity index (χ1v) is 11.5. The molecule has 1 amide bonds. The van der Waals surface area contributed by atoms with Gasteiger partial charge < -0.3 is 4.90 Å². The summed E-state index contributed by atoms with van der Waals surface area (Å²) in [5, 5.41) is 11.1. The maximum absolute atomic E-state index is 13.1. The smallest absolute Gasteiger partial charge is 0.253 e. The van der Waals surface area contributed by atoms with Crippen LogP contribution in [0, 0.1) is 0 Å². The molecule has 7 heteroatoms. The Bertz CT molecular complexity index is 1320. The van der Waals surface area contributed by atoms with Gasteiger partial charge in [0, 0.05) is 43.3 Å². The van der Waals surface area contributed by atoms with E-state index in [1.54, 1.807) is 22.4 Å². The Morgan fingerprint density at radius 3 is 2.52 bits per heavy atom. The van der Waals surface area contributed by atoms with Gasteiger partial charge in [-0.1, -0.05) is 36.4 Å². The van der Waals surface area contributed by atoms with Gasteiger partial charge in [0.05, 0.1) is 17.1 Å². The molecule has 0 saturated heterocycles. The van der Waals surface area contributed by atoms with E-state index >= 15 is 0 Å². The molecule has 0 N–H and O–H groups in total. The van der Waals surface area contributed by atoms with Crippen molar-refractivity contribution in [3.63, 3.8) is 0 Å². The van der Waals surface area contributed by atoms with Crippen molar-refractivity contribution in [2.45, 2.75) is 13.1 Å². The predicted octanol–water partition coefficient (Wildman–Crippen LogP) is 5.12. The van der Waals surface area contributed by atoms with E-state index in [0.29, 0.717) is 18.7 Å². The minimum atomic E-state index is -0.0229. The Morgan fingerprint density at radius 2 is 1.82 bits per heavy atom. The monoisotopic (exact) mass is 453 g/mol. The quantitative estimate of drug-likeness (QED) is 0.344. The normalized spacial score (nSPS) is 10.9. The summed E-state index contributed by atoms with van der Waals surface area (Å²) in [7, 11) is 1.83. The van der Waals surface area contributed by atoms with E-state index < -0.39 is 0 Å². The molecule has 5 rings (SSSR count). The van der Waals surface area contributed by atoms with Crippen molar-refractivity contribution in [1.29, 1.82) is 0 Å². The molecule has 0 aliphatic heterocycles. The Morgan fingerprint density at radius 1 is 1.00 bits per heavy atom. The molecule has 5 aromatic rings. The number of amides is 1. The molecule has 0 spiro atoms. The minimum absolute atomic E-state index is 0.0229.